The van der Waals surface area contributed by atoms with Gasteiger partial charge in [0.1, 0.15) is 5.56 Å². The number of anilines is 1. The molecule has 0 unspecified atom stereocenters. The van der Waals surface area contributed by atoms with Gasteiger partial charge < -0.3 is 9.88 Å². The summed E-state index contributed by atoms with van der Waals surface area (Å²) in [5, 5.41) is 3.28. The van der Waals surface area contributed by atoms with Gasteiger partial charge in [0.15, 0.2) is 0 Å². The summed E-state index contributed by atoms with van der Waals surface area (Å²) in [6.07, 6.45) is -3.71. The number of rotatable bonds is 2. The van der Waals surface area contributed by atoms with E-state index in [1.54, 1.807) is 4.57 Å². The van der Waals surface area contributed by atoms with Gasteiger partial charge in [0.05, 0.1) is 11.1 Å². The molecular weight excluding hydrogens is 345 g/mol. The second kappa shape index (κ2) is 5.72. The van der Waals surface area contributed by atoms with Crippen molar-refractivity contribution in [2.45, 2.75) is 19.1 Å². The van der Waals surface area contributed by atoms with Crippen LogP contribution in [-0.2, 0) is 19.1 Å². The average molecular weight is 358 g/mol. The Kier molecular flexibility index (Phi) is 3.61. The van der Waals surface area contributed by atoms with E-state index in [0.717, 1.165) is 47.2 Å². The van der Waals surface area contributed by atoms with Crippen molar-refractivity contribution in [3.8, 4) is 0 Å². The van der Waals surface area contributed by atoms with Crippen LogP contribution in [0.3, 0.4) is 0 Å². The van der Waals surface area contributed by atoms with Gasteiger partial charge in [-0.2, -0.15) is 13.2 Å². The third kappa shape index (κ3) is 2.65. The minimum Gasteiger partial charge on any atom is -0.322 e. The molecule has 0 bridgehead atoms. The molecule has 1 N–H and O–H groups in total. The van der Waals surface area contributed by atoms with Gasteiger partial charge in [-0.3, -0.25) is 9.59 Å². The zero-order valence-electron chi connectivity index (χ0n) is 13.4. The van der Waals surface area contributed by atoms with Crippen LogP contribution in [0.1, 0.15) is 21.5 Å². The van der Waals surface area contributed by atoms with Crippen molar-refractivity contribution < 1.29 is 18.0 Å². The van der Waals surface area contributed by atoms with Crippen molar-refractivity contribution in [2.75, 3.05) is 5.32 Å². The number of hydrogen-bond donors (Lipinski definition) is 1. The van der Waals surface area contributed by atoms with Crippen LogP contribution >= 0.6 is 0 Å². The number of hydrogen-bond acceptors (Lipinski definition) is 2. The van der Waals surface area contributed by atoms with E-state index in [-0.39, 0.29) is 11.3 Å². The van der Waals surface area contributed by atoms with E-state index in [2.05, 4.69) is 5.32 Å². The number of aromatic nitrogens is 1. The van der Waals surface area contributed by atoms with E-state index < -0.39 is 23.2 Å². The zero-order valence-corrected chi connectivity index (χ0v) is 13.4. The Bertz CT molecular complexity index is 1080. The normalized spacial score (nSPS) is 13.2. The van der Waals surface area contributed by atoms with E-state index in [1.165, 1.54) is 6.07 Å². The Labute approximate surface area is 145 Å². The zero-order chi connectivity index (χ0) is 18.5. The molecule has 1 aliphatic rings. The van der Waals surface area contributed by atoms with E-state index in [1.807, 2.05) is 18.2 Å². The molecule has 0 saturated heterocycles. The van der Waals surface area contributed by atoms with Gasteiger partial charge in [-0.15, -0.1) is 0 Å². The van der Waals surface area contributed by atoms with Crippen molar-refractivity contribution in [1.29, 1.82) is 0 Å². The van der Waals surface area contributed by atoms with E-state index in [9.17, 15) is 22.8 Å². The average Bonchev–Trinajstić information content (AvgIpc) is 3.03. The summed E-state index contributed by atoms with van der Waals surface area (Å²) in [7, 11) is 0. The summed E-state index contributed by atoms with van der Waals surface area (Å²) >= 11 is 0. The Morgan fingerprint density at radius 1 is 1.08 bits per heavy atom. The number of benzene rings is 2. The Morgan fingerprint density at radius 2 is 1.81 bits per heavy atom. The molecule has 0 spiro atoms. The summed E-state index contributed by atoms with van der Waals surface area (Å²) in [5.74, 6) is -0.641. The van der Waals surface area contributed by atoms with Crippen molar-refractivity contribution in [2.24, 2.45) is 0 Å². The summed E-state index contributed by atoms with van der Waals surface area (Å²) in [5.41, 5.74) is 0.862. The number of para-hydroxylation sites is 1. The molecule has 1 aliphatic heterocycles. The maximum atomic E-state index is 12.6. The lowest BCUT2D eigenvalue weighted by atomic mass is 10.1. The molecule has 4 rings (SSSR count). The largest absolute Gasteiger partial charge is 0.416 e. The SMILES string of the molecule is O=C(Nc1ccc(C(F)(F)F)cc1)c1cc2cccc3c2n(c1=O)CC3. The number of nitrogens with one attached hydrogen (secondary N) is 1. The highest BCUT2D eigenvalue weighted by Crippen LogP contribution is 2.30. The van der Waals surface area contributed by atoms with Gasteiger partial charge >= 0.3 is 6.18 Å². The van der Waals surface area contributed by atoms with Crippen LogP contribution in [0, 0.1) is 0 Å². The third-order valence-corrected chi connectivity index (χ3v) is 4.52. The van der Waals surface area contributed by atoms with Crippen LogP contribution in [0.15, 0.2) is 53.3 Å². The fourth-order valence-corrected chi connectivity index (χ4v) is 3.27. The van der Waals surface area contributed by atoms with Crippen LogP contribution in [0.4, 0.5) is 18.9 Å². The Hall–Kier alpha value is -3.09. The molecular formula is C19H13F3N2O2. The quantitative estimate of drug-likeness (QED) is 0.757. The van der Waals surface area contributed by atoms with E-state index in [4.69, 9.17) is 0 Å². The second-order valence-corrected chi connectivity index (χ2v) is 6.15. The maximum Gasteiger partial charge on any atom is 0.416 e. The number of carbonyl (C=O) groups excluding carboxylic acids is 1. The number of nitrogens with zero attached hydrogens (tertiary/aromatic N) is 1. The molecule has 0 fully saturated rings. The third-order valence-electron chi connectivity index (χ3n) is 4.52. The van der Waals surface area contributed by atoms with E-state index in [0.29, 0.717) is 6.54 Å². The lowest BCUT2D eigenvalue weighted by Gasteiger charge is -2.10. The van der Waals surface area contributed by atoms with Crippen molar-refractivity contribution in [1.82, 2.24) is 4.57 Å². The molecule has 132 valence electrons. The van der Waals surface area contributed by atoms with Crippen LogP contribution in [0.25, 0.3) is 10.9 Å². The number of alkyl halides is 3. The topological polar surface area (TPSA) is 51.1 Å². The minimum atomic E-state index is -4.44. The van der Waals surface area contributed by atoms with Crippen LogP contribution in [0.5, 0.6) is 0 Å². The molecule has 1 aromatic heterocycles. The molecule has 2 heterocycles. The summed E-state index contributed by atoms with van der Waals surface area (Å²) < 4.78 is 39.4. The fourth-order valence-electron chi connectivity index (χ4n) is 3.27. The highest BCUT2D eigenvalue weighted by Gasteiger charge is 2.30. The lowest BCUT2D eigenvalue weighted by Crippen LogP contribution is -2.28. The highest BCUT2D eigenvalue weighted by atomic mass is 19.4. The van der Waals surface area contributed by atoms with Gasteiger partial charge in [0.25, 0.3) is 11.5 Å². The van der Waals surface area contributed by atoms with Gasteiger partial charge in [-0.05, 0) is 47.7 Å². The fraction of sp³-hybridized carbons (Fsp3) is 0.158. The molecule has 0 atom stereocenters. The Morgan fingerprint density at radius 3 is 2.50 bits per heavy atom. The standard InChI is InChI=1S/C19H13F3N2O2/c20-19(21,22)13-4-6-14(7-5-13)23-17(25)15-10-12-3-1-2-11-8-9-24(16(11)12)18(15)26/h1-7,10H,8-9H2,(H,23,25). The van der Waals surface area contributed by atoms with Crippen molar-refractivity contribution >= 4 is 22.5 Å². The first-order valence-corrected chi connectivity index (χ1v) is 7.98. The van der Waals surface area contributed by atoms with Gasteiger partial charge in [-0.25, -0.2) is 0 Å². The maximum absolute atomic E-state index is 12.6. The molecule has 2 aromatic carbocycles. The monoisotopic (exact) mass is 358 g/mol. The summed E-state index contributed by atoms with van der Waals surface area (Å²) in [6, 6.07) is 11.3. The lowest BCUT2D eigenvalue weighted by molar-refractivity contribution is -0.137. The first-order valence-electron chi connectivity index (χ1n) is 7.98. The molecule has 7 heteroatoms. The summed E-state index contributed by atoms with van der Waals surface area (Å²) in [6.45, 7) is 0.510. The molecule has 3 aromatic rings. The number of pyridine rings is 1. The molecule has 0 radical (unpaired) electrons. The van der Waals surface area contributed by atoms with Gasteiger partial charge in [0.2, 0.25) is 0 Å². The van der Waals surface area contributed by atoms with Gasteiger partial charge in [-0.1, -0.05) is 18.2 Å². The van der Waals surface area contributed by atoms with Crippen molar-refractivity contribution in [3.63, 3.8) is 0 Å². The molecule has 4 nitrogen and oxygen atoms in total. The summed E-state index contributed by atoms with van der Waals surface area (Å²) in [4.78, 5) is 25.1. The molecule has 26 heavy (non-hydrogen) atoms. The second-order valence-electron chi connectivity index (χ2n) is 6.15. The predicted octanol–water partition coefficient (Wildman–Crippen LogP) is 3.83. The number of halogens is 3. The van der Waals surface area contributed by atoms with Crippen LogP contribution < -0.4 is 10.9 Å². The molecule has 0 saturated carbocycles. The minimum absolute atomic E-state index is 0.0311. The smallest absolute Gasteiger partial charge is 0.322 e. The predicted molar refractivity (Wildman–Crippen MR) is 91.3 cm³/mol. The van der Waals surface area contributed by atoms with Crippen molar-refractivity contribution in [3.05, 3.63) is 75.6 Å². The van der Waals surface area contributed by atoms with Gasteiger partial charge in [0, 0.05) is 12.2 Å². The first kappa shape index (κ1) is 16.4. The number of amides is 1. The molecule has 1 amide bonds. The number of aryl methyl sites for hydroxylation is 2. The van der Waals surface area contributed by atoms with E-state index >= 15 is 0 Å². The molecule has 0 aliphatic carbocycles. The highest BCUT2D eigenvalue weighted by molar-refractivity contribution is 6.06. The number of carbonyl (C=O) groups is 1. The first-order chi connectivity index (χ1) is 12.3. The van der Waals surface area contributed by atoms with Crippen LogP contribution in [0.2, 0.25) is 0 Å². The van der Waals surface area contributed by atoms with Crippen LogP contribution in [-0.4, -0.2) is 10.5 Å². The Balaban J connectivity index is 1.68.